The number of halogens is 2. The van der Waals surface area contributed by atoms with Crippen LogP contribution in [0.25, 0.3) is 11.2 Å². The number of aromatic nitrogens is 4. The minimum atomic E-state index is -3.72. The van der Waals surface area contributed by atoms with Gasteiger partial charge in [0.1, 0.15) is 5.52 Å². The fraction of sp³-hybridized carbons (Fsp3) is 0.389. The van der Waals surface area contributed by atoms with Gasteiger partial charge < -0.3 is 30.2 Å². The fourth-order valence-corrected chi connectivity index (χ4v) is 3.59. The zero-order chi connectivity index (χ0) is 20.0. The van der Waals surface area contributed by atoms with Crippen LogP contribution >= 0.6 is 0 Å². The van der Waals surface area contributed by atoms with Crippen molar-refractivity contribution in [3.8, 4) is 11.5 Å². The van der Waals surface area contributed by atoms with E-state index in [0.29, 0.717) is 17.0 Å². The summed E-state index contributed by atoms with van der Waals surface area (Å²) in [5, 5.41) is 16.0. The SMILES string of the molecule is OC1CCC(Nc2nc(Nc3cccc4c3OC(F)(F)O4)nc3[nH]cnc23)CC1. The van der Waals surface area contributed by atoms with Crippen molar-refractivity contribution >= 4 is 28.6 Å². The molecule has 3 aromatic rings. The molecule has 0 unspecified atom stereocenters. The maximum atomic E-state index is 13.4. The number of rotatable bonds is 4. The van der Waals surface area contributed by atoms with Crippen LogP contribution in [-0.4, -0.2) is 43.5 Å². The van der Waals surface area contributed by atoms with E-state index >= 15 is 0 Å². The number of fused-ring (bicyclic) bond motifs is 2. The van der Waals surface area contributed by atoms with E-state index in [1.54, 1.807) is 12.1 Å². The molecule has 4 N–H and O–H groups in total. The van der Waals surface area contributed by atoms with Gasteiger partial charge in [0, 0.05) is 6.04 Å². The number of aliphatic hydroxyl groups is 1. The molecule has 0 bridgehead atoms. The summed E-state index contributed by atoms with van der Waals surface area (Å²) in [5.41, 5.74) is 1.33. The van der Waals surface area contributed by atoms with Gasteiger partial charge in [-0.3, -0.25) is 0 Å². The predicted molar refractivity (Wildman–Crippen MR) is 99.5 cm³/mol. The van der Waals surface area contributed by atoms with Crippen LogP contribution in [0.2, 0.25) is 0 Å². The number of nitrogens with zero attached hydrogens (tertiary/aromatic N) is 3. The summed E-state index contributed by atoms with van der Waals surface area (Å²) in [6.07, 6.45) is 0.599. The molecule has 152 valence electrons. The van der Waals surface area contributed by atoms with Crippen molar-refractivity contribution in [2.75, 3.05) is 10.6 Å². The monoisotopic (exact) mass is 404 g/mol. The summed E-state index contributed by atoms with van der Waals surface area (Å²) >= 11 is 0. The van der Waals surface area contributed by atoms with Crippen molar-refractivity contribution in [3.63, 3.8) is 0 Å². The first-order valence-corrected chi connectivity index (χ1v) is 9.28. The molecule has 1 aliphatic heterocycles. The molecular formula is C18H18F2N6O3. The maximum Gasteiger partial charge on any atom is 0.586 e. The number of aliphatic hydroxyl groups excluding tert-OH is 1. The maximum absolute atomic E-state index is 13.4. The Labute approximate surface area is 163 Å². The number of anilines is 3. The standard InChI is InChI=1S/C18H18F2N6O3/c19-18(20)28-12-3-1-2-11(14(12)29-18)24-17-25-15-13(21-8-22-15)16(26-17)23-9-4-6-10(27)7-5-9/h1-3,8-10,27H,4-7H2,(H3,21,22,23,24,25,26). The van der Waals surface area contributed by atoms with E-state index in [1.807, 2.05) is 0 Å². The highest BCUT2D eigenvalue weighted by Gasteiger charge is 2.44. The number of benzene rings is 1. The van der Waals surface area contributed by atoms with Crippen LogP contribution in [-0.2, 0) is 0 Å². The van der Waals surface area contributed by atoms with E-state index in [9.17, 15) is 13.9 Å². The number of hydrogen-bond donors (Lipinski definition) is 4. The number of aromatic amines is 1. The third-order valence-electron chi connectivity index (χ3n) is 4.99. The Morgan fingerprint density at radius 3 is 2.79 bits per heavy atom. The highest BCUT2D eigenvalue weighted by molar-refractivity contribution is 5.84. The largest absolute Gasteiger partial charge is 0.586 e. The van der Waals surface area contributed by atoms with Crippen molar-refractivity contribution in [1.29, 1.82) is 0 Å². The van der Waals surface area contributed by atoms with Gasteiger partial charge >= 0.3 is 6.29 Å². The lowest BCUT2D eigenvalue weighted by Crippen LogP contribution is -2.28. The van der Waals surface area contributed by atoms with Gasteiger partial charge in [0.2, 0.25) is 5.95 Å². The van der Waals surface area contributed by atoms with Gasteiger partial charge in [0.25, 0.3) is 0 Å². The van der Waals surface area contributed by atoms with E-state index < -0.39 is 6.29 Å². The number of para-hydroxylation sites is 1. The molecule has 0 saturated heterocycles. The van der Waals surface area contributed by atoms with E-state index in [1.165, 1.54) is 12.4 Å². The summed E-state index contributed by atoms with van der Waals surface area (Å²) in [7, 11) is 0. The average Bonchev–Trinajstić information content (AvgIpc) is 3.27. The normalized spacial score (nSPS) is 22.6. The van der Waals surface area contributed by atoms with Gasteiger partial charge in [-0.25, -0.2) is 4.98 Å². The van der Waals surface area contributed by atoms with Gasteiger partial charge in [-0.05, 0) is 37.8 Å². The van der Waals surface area contributed by atoms with Gasteiger partial charge in [-0.15, -0.1) is 8.78 Å². The minimum absolute atomic E-state index is 0.0678. The van der Waals surface area contributed by atoms with Gasteiger partial charge in [0.05, 0.1) is 18.1 Å². The smallest absolute Gasteiger partial charge is 0.395 e. The molecule has 0 amide bonds. The van der Waals surface area contributed by atoms with Crippen molar-refractivity contribution in [2.45, 2.75) is 44.1 Å². The van der Waals surface area contributed by atoms with Crippen LogP contribution in [0.15, 0.2) is 24.5 Å². The van der Waals surface area contributed by atoms with E-state index in [0.717, 1.165) is 25.7 Å². The lowest BCUT2D eigenvalue weighted by atomic mass is 9.93. The number of imidazole rings is 1. The van der Waals surface area contributed by atoms with Gasteiger partial charge in [-0.1, -0.05) is 6.07 Å². The molecule has 29 heavy (non-hydrogen) atoms. The Bertz CT molecular complexity index is 1050. The zero-order valence-corrected chi connectivity index (χ0v) is 15.2. The number of nitrogens with one attached hydrogen (secondary N) is 3. The Hall–Kier alpha value is -3.21. The quantitative estimate of drug-likeness (QED) is 0.524. The summed E-state index contributed by atoms with van der Waals surface area (Å²) in [6.45, 7) is 0. The molecule has 2 aliphatic rings. The Morgan fingerprint density at radius 1 is 1.14 bits per heavy atom. The molecule has 9 nitrogen and oxygen atoms in total. The van der Waals surface area contributed by atoms with Crippen molar-refractivity contribution in [1.82, 2.24) is 19.9 Å². The number of hydrogen-bond acceptors (Lipinski definition) is 8. The van der Waals surface area contributed by atoms with Crippen molar-refractivity contribution in [3.05, 3.63) is 24.5 Å². The lowest BCUT2D eigenvalue weighted by molar-refractivity contribution is -0.286. The molecule has 5 rings (SSSR count). The van der Waals surface area contributed by atoms with E-state index in [4.69, 9.17) is 0 Å². The first-order valence-electron chi connectivity index (χ1n) is 9.28. The topological polar surface area (TPSA) is 117 Å². The summed E-state index contributed by atoms with van der Waals surface area (Å²) < 4.78 is 35.9. The number of ether oxygens (including phenoxy) is 2. The van der Waals surface area contributed by atoms with Crippen LogP contribution in [0.1, 0.15) is 25.7 Å². The first kappa shape index (κ1) is 17.9. The van der Waals surface area contributed by atoms with Crippen molar-refractivity contribution < 1.29 is 23.4 Å². The molecular weight excluding hydrogens is 386 g/mol. The molecule has 0 atom stereocenters. The van der Waals surface area contributed by atoms with Crippen LogP contribution in [0, 0.1) is 0 Å². The highest BCUT2D eigenvalue weighted by atomic mass is 19.3. The third-order valence-corrected chi connectivity index (χ3v) is 4.99. The molecule has 0 radical (unpaired) electrons. The Kier molecular flexibility index (Phi) is 4.12. The third kappa shape index (κ3) is 3.48. The second-order valence-corrected chi connectivity index (χ2v) is 7.07. The van der Waals surface area contributed by atoms with Crippen LogP contribution in [0.5, 0.6) is 11.5 Å². The molecule has 1 aromatic carbocycles. The molecule has 1 fully saturated rings. The predicted octanol–water partition coefficient (Wildman–Crippen LogP) is 3.13. The van der Waals surface area contributed by atoms with Gasteiger partial charge in [-0.2, -0.15) is 9.97 Å². The number of alkyl halides is 2. The van der Waals surface area contributed by atoms with Crippen LogP contribution < -0.4 is 20.1 Å². The lowest BCUT2D eigenvalue weighted by Gasteiger charge is -2.26. The molecule has 1 aliphatic carbocycles. The summed E-state index contributed by atoms with van der Waals surface area (Å²) in [6, 6.07) is 4.68. The van der Waals surface area contributed by atoms with Crippen LogP contribution in [0.3, 0.4) is 0 Å². The second kappa shape index (κ2) is 6.69. The molecule has 2 aromatic heterocycles. The number of H-pyrrole nitrogens is 1. The second-order valence-electron chi connectivity index (χ2n) is 7.07. The average molecular weight is 404 g/mol. The molecule has 1 saturated carbocycles. The van der Waals surface area contributed by atoms with Gasteiger partial charge in [0.15, 0.2) is 23.0 Å². The van der Waals surface area contributed by atoms with E-state index in [2.05, 4.69) is 40.0 Å². The molecule has 0 spiro atoms. The first-order chi connectivity index (χ1) is 14.0. The van der Waals surface area contributed by atoms with E-state index in [-0.39, 0.29) is 35.3 Å². The van der Waals surface area contributed by atoms with Crippen LogP contribution in [0.4, 0.5) is 26.2 Å². The Morgan fingerprint density at radius 2 is 1.97 bits per heavy atom. The fourth-order valence-electron chi connectivity index (χ4n) is 3.59. The molecule has 11 heteroatoms. The molecule has 3 heterocycles. The minimum Gasteiger partial charge on any atom is -0.395 e. The Balaban J connectivity index is 1.44. The summed E-state index contributed by atoms with van der Waals surface area (Å²) in [4.78, 5) is 16.0. The van der Waals surface area contributed by atoms with Crippen molar-refractivity contribution in [2.24, 2.45) is 0 Å². The highest BCUT2D eigenvalue weighted by Crippen LogP contribution is 2.46. The summed E-state index contributed by atoms with van der Waals surface area (Å²) in [5.74, 6) is 0.533. The zero-order valence-electron chi connectivity index (χ0n) is 15.2.